The molecule has 1 saturated heterocycles. The van der Waals surface area contributed by atoms with Crippen molar-refractivity contribution in [3.8, 4) is 0 Å². The third kappa shape index (κ3) is 4.34. The number of hydrogen-bond acceptors (Lipinski definition) is 3. The second-order valence-corrected chi connectivity index (χ2v) is 6.84. The van der Waals surface area contributed by atoms with Crippen LogP contribution in [0.2, 0.25) is 0 Å². The smallest absolute Gasteiger partial charge is 0.325 e. The van der Waals surface area contributed by atoms with Crippen molar-refractivity contribution in [2.24, 2.45) is 5.92 Å². The van der Waals surface area contributed by atoms with Crippen LogP contribution >= 0.6 is 0 Å². The Morgan fingerprint density at radius 3 is 2.54 bits per heavy atom. The van der Waals surface area contributed by atoms with E-state index in [1.807, 2.05) is 44.2 Å². The van der Waals surface area contributed by atoms with Crippen LogP contribution in [0, 0.1) is 5.92 Å². The highest BCUT2D eigenvalue weighted by molar-refractivity contribution is 6.08. The first-order valence-corrected chi connectivity index (χ1v) is 8.26. The lowest BCUT2D eigenvalue weighted by atomic mass is 9.93. The summed E-state index contributed by atoms with van der Waals surface area (Å²) in [5, 5.41) is 5.45. The highest BCUT2D eigenvalue weighted by Crippen LogP contribution is 2.23. The fourth-order valence-corrected chi connectivity index (χ4v) is 2.62. The molecule has 0 aliphatic carbocycles. The van der Waals surface area contributed by atoms with Crippen molar-refractivity contribution >= 4 is 17.8 Å². The van der Waals surface area contributed by atoms with Gasteiger partial charge in [0.2, 0.25) is 5.91 Å². The lowest BCUT2D eigenvalue weighted by Gasteiger charge is -2.21. The number of carbonyl (C=O) groups is 3. The van der Waals surface area contributed by atoms with Crippen molar-refractivity contribution in [1.29, 1.82) is 0 Å². The van der Waals surface area contributed by atoms with Crippen LogP contribution < -0.4 is 10.6 Å². The minimum Gasteiger partial charge on any atom is -0.354 e. The molecule has 0 spiro atoms. The molecule has 1 aliphatic rings. The number of imide groups is 1. The first-order chi connectivity index (χ1) is 11.3. The van der Waals surface area contributed by atoms with Crippen molar-refractivity contribution in [3.05, 3.63) is 35.9 Å². The summed E-state index contributed by atoms with van der Waals surface area (Å²) in [6.45, 7) is 5.96. The van der Waals surface area contributed by atoms with Gasteiger partial charge in [0.15, 0.2) is 0 Å². The van der Waals surface area contributed by atoms with Crippen LogP contribution in [0.15, 0.2) is 30.3 Å². The monoisotopic (exact) mass is 331 g/mol. The van der Waals surface area contributed by atoms with E-state index in [1.165, 1.54) is 0 Å². The van der Waals surface area contributed by atoms with Gasteiger partial charge in [-0.2, -0.15) is 0 Å². The Hall–Kier alpha value is -2.37. The number of nitrogens with zero attached hydrogens (tertiary/aromatic N) is 1. The maximum Gasteiger partial charge on any atom is 0.325 e. The molecule has 130 valence electrons. The molecule has 0 unspecified atom stereocenters. The van der Waals surface area contributed by atoms with Gasteiger partial charge in [-0.25, -0.2) is 4.79 Å². The molecule has 1 aromatic carbocycles. The largest absolute Gasteiger partial charge is 0.354 e. The number of rotatable bonds is 7. The Labute approximate surface area is 142 Å². The standard InChI is InChI=1S/C18H25N3O3/c1-13(2)11-19-15(22)12-21-16(23)18(3,20-17(21)24)10-9-14-7-5-4-6-8-14/h4-8,13H,9-12H2,1-3H3,(H,19,22)(H,20,24)/t18-/m1/s1. The van der Waals surface area contributed by atoms with Crippen LogP contribution in [-0.2, 0) is 16.0 Å². The molecule has 1 fully saturated rings. The summed E-state index contributed by atoms with van der Waals surface area (Å²) in [6.07, 6.45) is 1.17. The molecule has 1 aliphatic heterocycles. The SMILES string of the molecule is CC(C)CNC(=O)CN1C(=O)N[C@](C)(CCc2ccccc2)C1=O. The van der Waals surface area contributed by atoms with Gasteiger partial charge in [-0.05, 0) is 31.2 Å². The van der Waals surface area contributed by atoms with Gasteiger partial charge in [0.1, 0.15) is 12.1 Å². The van der Waals surface area contributed by atoms with Crippen molar-refractivity contribution < 1.29 is 14.4 Å². The third-order valence-electron chi connectivity index (χ3n) is 4.11. The molecule has 6 heteroatoms. The number of urea groups is 1. The van der Waals surface area contributed by atoms with Gasteiger partial charge in [-0.15, -0.1) is 0 Å². The number of aryl methyl sites for hydroxylation is 1. The molecule has 1 heterocycles. The molecule has 2 N–H and O–H groups in total. The van der Waals surface area contributed by atoms with Gasteiger partial charge >= 0.3 is 6.03 Å². The molecular formula is C18H25N3O3. The maximum atomic E-state index is 12.6. The van der Waals surface area contributed by atoms with Gasteiger partial charge in [0.05, 0.1) is 0 Å². The van der Waals surface area contributed by atoms with Crippen molar-refractivity contribution in [3.63, 3.8) is 0 Å². The lowest BCUT2D eigenvalue weighted by Crippen LogP contribution is -2.45. The predicted molar refractivity (Wildman–Crippen MR) is 91.3 cm³/mol. The van der Waals surface area contributed by atoms with E-state index >= 15 is 0 Å². The zero-order valence-electron chi connectivity index (χ0n) is 14.5. The maximum absolute atomic E-state index is 12.6. The summed E-state index contributed by atoms with van der Waals surface area (Å²) in [5.41, 5.74) is 0.138. The van der Waals surface area contributed by atoms with Crippen LogP contribution in [0.4, 0.5) is 4.79 Å². The van der Waals surface area contributed by atoms with Crippen molar-refractivity contribution in [2.75, 3.05) is 13.1 Å². The number of hydrogen-bond donors (Lipinski definition) is 2. The summed E-state index contributed by atoms with van der Waals surface area (Å²) in [4.78, 5) is 37.6. The molecule has 1 aromatic rings. The summed E-state index contributed by atoms with van der Waals surface area (Å²) in [7, 11) is 0. The minimum absolute atomic E-state index is 0.238. The van der Waals surface area contributed by atoms with E-state index in [0.717, 1.165) is 10.5 Å². The quantitative estimate of drug-likeness (QED) is 0.747. The van der Waals surface area contributed by atoms with Crippen molar-refractivity contribution in [1.82, 2.24) is 15.5 Å². The fourth-order valence-electron chi connectivity index (χ4n) is 2.62. The number of benzene rings is 1. The normalized spacial score (nSPS) is 20.4. The van der Waals surface area contributed by atoms with Gasteiger partial charge < -0.3 is 10.6 Å². The summed E-state index contributed by atoms with van der Waals surface area (Å²) in [6, 6.07) is 9.29. The van der Waals surface area contributed by atoms with Crippen LogP contribution in [0.25, 0.3) is 0 Å². The van der Waals surface area contributed by atoms with E-state index in [2.05, 4.69) is 10.6 Å². The van der Waals surface area contributed by atoms with E-state index < -0.39 is 11.6 Å². The van der Waals surface area contributed by atoms with Gasteiger partial charge in [0.25, 0.3) is 5.91 Å². The van der Waals surface area contributed by atoms with E-state index in [-0.39, 0.29) is 18.4 Å². The first kappa shape index (κ1) is 18.0. The lowest BCUT2D eigenvalue weighted by molar-refractivity contribution is -0.134. The molecule has 1 atom stereocenters. The summed E-state index contributed by atoms with van der Waals surface area (Å²) in [5.74, 6) is -0.351. The Morgan fingerprint density at radius 1 is 1.25 bits per heavy atom. The van der Waals surface area contributed by atoms with E-state index in [0.29, 0.717) is 25.3 Å². The topological polar surface area (TPSA) is 78.5 Å². The molecule has 6 nitrogen and oxygen atoms in total. The second-order valence-electron chi connectivity index (χ2n) is 6.84. The van der Waals surface area contributed by atoms with Gasteiger partial charge in [0, 0.05) is 6.54 Å². The average molecular weight is 331 g/mol. The molecular weight excluding hydrogens is 306 g/mol. The fraction of sp³-hybridized carbons (Fsp3) is 0.500. The van der Waals surface area contributed by atoms with Crippen LogP contribution in [0.5, 0.6) is 0 Å². The predicted octanol–water partition coefficient (Wildman–Crippen LogP) is 1.70. The average Bonchev–Trinajstić information content (AvgIpc) is 2.76. The Morgan fingerprint density at radius 2 is 1.92 bits per heavy atom. The van der Waals surface area contributed by atoms with Crippen LogP contribution in [0.3, 0.4) is 0 Å². The first-order valence-electron chi connectivity index (χ1n) is 8.26. The molecule has 24 heavy (non-hydrogen) atoms. The summed E-state index contributed by atoms with van der Waals surface area (Å²) < 4.78 is 0. The second kappa shape index (κ2) is 7.47. The molecule has 4 amide bonds. The van der Waals surface area contributed by atoms with E-state index in [4.69, 9.17) is 0 Å². The summed E-state index contributed by atoms with van der Waals surface area (Å²) >= 11 is 0. The molecule has 0 saturated carbocycles. The highest BCUT2D eigenvalue weighted by Gasteiger charge is 2.47. The number of amides is 4. The molecule has 0 bridgehead atoms. The molecule has 0 radical (unpaired) electrons. The van der Waals surface area contributed by atoms with E-state index in [9.17, 15) is 14.4 Å². The molecule has 2 rings (SSSR count). The zero-order valence-corrected chi connectivity index (χ0v) is 14.5. The minimum atomic E-state index is -0.967. The number of nitrogens with one attached hydrogen (secondary N) is 2. The Kier molecular flexibility index (Phi) is 5.59. The van der Waals surface area contributed by atoms with Crippen LogP contribution in [0.1, 0.15) is 32.8 Å². The molecule has 0 aromatic heterocycles. The highest BCUT2D eigenvalue weighted by atomic mass is 16.2. The third-order valence-corrected chi connectivity index (χ3v) is 4.11. The van der Waals surface area contributed by atoms with Gasteiger partial charge in [-0.3, -0.25) is 14.5 Å². The van der Waals surface area contributed by atoms with Crippen molar-refractivity contribution in [2.45, 2.75) is 39.2 Å². The van der Waals surface area contributed by atoms with E-state index in [1.54, 1.807) is 6.92 Å². The Balaban J connectivity index is 1.95. The van der Waals surface area contributed by atoms with Crippen LogP contribution in [-0.4, -0.2) is 41.4 Å². The van der Waals surface area contributed by atoms with Gasteiger partial charge in [-0.1, -0.05) is 44.2 Å². The Bertz CT molecular complexity index is 615. The number of carbonyl (C=O) groups excluding carboxylic acids is 3. The zero-order chi connectivity index (χ0) is 17.7.